The molecule has 1 nitrogen and oxygen atoms in total. The number of unbranched alkanes of at least 4 members (excludes halogenated alkanes) is 1. The van der Waals surface area contributed by atoms with E-state index >= 15 is 0 Å². The highest BCUT2D eigenvalue weighted by molar-refractivity contribution is 9.09. The first-order valence-electron chi connectivity index (χ1n) is 3.49. The first-order valence-corrected chi connectivity index (χ1v) is 4.61. The molecule has 2 heteroatoms. The van der Waals surface area contributed by atoms with Crippen molar-refractivity contribution in [1.29, 1.82) is 0 Å². The first-order chi connectivity index (χ1) is 4.91. The van der Waals surface area contributed by atoms with Crippen LogP contribution < -0.4 is 0 Å². The monoisotopic (exact) mass is 204 g/mol. The molecule has 0 aliphatic carbocycles. The topological polar surface area (TPSA) is 9.23 Å². The van der Waals surface area contributed by atoms with Gasteiger partial charge in [0.05, 0.1) is 6.61 Å². The van der Waals surface area contributed by atoms with E-state index in [2.05, 4.69) is 21.9 Å². The van der Waals surface area contributed by atoms with E-state index in [1.807, 2.05) is 0 Å². The summed E-state index contributed by atoms with van der Waals surface area (Å²) in [5.41, 5.74) is 0. The summed E-state index contributed by atoms with van der Waals surface area (Å²) < 4.78 is 5.21. The van der Waals surface area contributed by atoms with E-state index in [4.69, 9.17) is 11.2 Å². The quantitative estimate of drug-likeness (QED) is 0.367. The van der Waals surface area contributed by atoms with Gasteiger partial charge in [-0.2, -0.15) is 0 Å². The minimum atomic E-state index is 0.707. The smallest absolute Gasteiger partial charge is 0.0575 e. The van der Waals surface area contributed by atoms with Gasteiger partial charge in [0.25, 0.3) is 0 Å². The van der Waals surface area contributed by atoms with Crippen LogP contribution in [0.2, 0.25) is 0 Å². The van der Waals surface area contributed by atoms with Crippen molar-refractivity contribution in [2.75, 3.05) is 18.5 Å². The molecular formula is C8H13BrO. The Kier molecular flexibility index (Phi) is 9.00. The van der Waals surface area contributed by atoms with Gasteiger partial charge >= 0.3 is 0 Å². The third-order valence-electron chi connectivity index (χ3n) is 1.06. The summed E-state index contributed by atoms with van der Waals surface area (Å²) in [7, 11) is 0. The molecule has 0 rings (SSSR count). The van der Waals surface area contributed by atoms with Crippen LogP contribution in [0.15, 0.2) is 0 Å². The number of alkyl halides is 1. The minimum absolute atomic E-state index is 0.707. The molecule has 0 fully saturated rings. The maximum absolute atomic E-state index is 5.21. The standard InChI is InChI=1S/C8H13BrO/c1-2-3-7-10-8-5-4-6-9/h1H,3-8H2. The Morgan fingerprint density at radius 1 is 1.30 bits per heavy atom. The molecule has 0 aliphatic rings. The van der Waals surface area contributed by atoms with E-state index in [0.717, 1.165) is 24.8 Å². The number of hydrogen-bond acceptors (Lipinski definition) is 1. The SMILES string of the molecule is C#CCCOCCCCBr. The van der Waals surface area contributed by atoms with Crippen LogP contribution in [0.3, 0.4) is 0 Å². The summed E-state index contributed by atoms with van der Waals surface area (Å²) >= 11 is 3.34. The molecule has 0 heterocycles. The van der Waals surface area contributed by atoms with Gasteiger partial charge in [-0.1, -0.05) is 15.9 Å². The Labute approximate surface area is 71.3 Å². The Hall–Kier alpha value is 0. The van der Waals surface area contributed by atoms with E-state index in [1.165, 1.54) is 6.42 Å². The van der Waals surface area contributed by atoms with Crippen molar-refractivity contribution >= 4 is 15.9 Å². The van der Waals surface area contributed by atoms with Crippen molar-refractivity contribution in [3.8, 4) is 12.3 Å². The average Bonchev–Trinajstić information content (AvgIpc) is 1.97. The van der Waals surface area contributed by atoms with Crippen LogP contribution in [0, 0.1) is 12.3 Å². The zero-order chi connectivity index (χ0) is 7.66. The van der Waals surface area contributed by atoms with Gasteiger partial charge in [0.1, 0.15) is 0 Å². The summed E-state index contributed by atoms with van der Waals surface area (Å²) in [6.45, 7) is 1.55. The van der Waals surface area contributed by atoms with E-state index in [-0.39, 0.29) is 0 Å². The molecular weight excluding hydrogens is 192 g/mol. The van der Waals surface area contributed by atoms with Gasteiger partial charge in [-0.15, -0.1) is 12.3 Å². The molecule has 0 atom stereocenters. The van der Waals surface area contributed by atoms with Crippen molar-refractivity contribution in [3.63, 3.8) is 0 Å². The Bertz CT molecular complexity index is 95.9. The van der Waals surface area contributed by atoms with Crippen molar-refractivity contribution < 1.29 is 4.74 Å². The summed E-state index contributed by atoms with van der Waals surface area (Å²) in [6.07, 6.45) is 8.06. The van der Waals surface area contributed by atoms with Gasteiger partial charge in [-0.3, -0.25) is 0 Å². The van der Waals surface area contributed by atoms with Crippen molar-refractivity contribution in [3.05, 3.63) is 0 Å². The third kappa shape index (κ3) is 8.00. The predicted molar refractivity (Wildman–Crippen MR) is 47.3 cm³/mol. The molecule has 0 radical (unpaired) electrons. The zero-order valence-electron chi connectivity index (χ0n) is 6.11. The molecule has 58 valence electrons. The molecule has 0 aromatic rings. The summed E-state index contributed by atoms with van der Waals surface area (Å²) in [4.78, 5) is 0. The van der Waals surface area contributed by atoms with Crippen LogP contribution in [-0.2, 0) is 4.74 Å². The van der Waals surface area contributed by atoms with Crippen molar-refractivity contribution in [2.24, 2.45) is 0 Å². The van der Waals surface area contributed by atoms with Gasteiger partial charge in [-0.25, -0.2) is 0 Å². The van der Waals surface area contributed by atoms with Crippen molar-refractivity contribution in [2.45, 2.75) is 19.3 Å². The van der Waals surface area contributed by atoms with E-state index in [1.54, 1.807) is 0 Å². The second-order valence-electron chi connectivity index (χ2n) is 1.96. The van der Waals surface area contributed by atoms with E-state index in [0.29, 0.717) is 6.61 Å². The van der Waals surface area contributed by atoms with Gasteiger partial charge in [0.2, 0.25) is 0 Å². The Morgan fingerprint density at radius 3 is 2.70 bits per heavy atom. The molecule has 0 saturated heterocycles. The second-order valence-corrected chi connectivity index (χ2v) is 2.76. The van der Waals surface area contributed by atoms with Crippen molar-refractivity contribution in [1.82, 2.24) is 0 Å². The average molecular weight is 205 g/mol. The molecule has 0 amide bonds. The lowest BCUT2D eigenvalue weighted by Gasteiger charge is -1.98. The Balaban J connectivity index is 2.72. The fourth-order valence-corrected chi connectivity index (χ4v) is 0.928. The summed E-state index contributed by atoms with van der Waals surface area (Å²) in [5.74, 6) is 2.52. The first kappa shape index (κ1) is 10.0. The minimum Gasteiger partial charge on any atom is -0.380 e. The van der Waals surface area contributed by atoms with Gasteiger partial charge in [0, 0.05) is 18.4 Å². The lowest BCUT2D eigenvalue weighted by atomic mass is 10.4. The zero-order valence-corrected chi connectivity index (χ0v) is 7.69. The normalized spacial score (nSPS) is 9.20. The fourth-order valence-electron chi connectivity index (χ4n) is 0.532. The molecule has 0 aromatic carbocycles. The van der Waals surface area contributed by atoms with Crippen LogP contribution in [-0.4, -0.2) is 18.5 Å². The molecule has 0 spiro atoms. The van der Waals surface area contributed by atoms with Crippen LogP contribution >= 0.6 is 15.9 Å². The molecule has 10 heavy (non-hydrogen) atoms. The molecule has 0 unspecified atom stereocenters. The third-order valence-corrected chi connectivity index (χ3v) is 1.62. The highest BCUT2D eigenvalue weighted by Crippen LogP contribution is 1.94. The predicted octanol–water partition coefficient (Wildman–Crippen LogP) is 2.20. The number of hydrogen-bond donors (Lipinski definition) is 0. The number of halogens is 1. The number of terminal acetylenes is 1. The van der Waals surface area contributed by atoms with Crippen LogP contribution in [0.5, 0.6) is 0 Å². The maximum atomic E-state index is 5.21. The molecule has 0 N–H and O–H groups in total. The van der Waals surface area contributed by atoms with Gasteiger partial charge in [0.15, 0.2) is 0 Å². The number of rotatable bonds is 6. The lowest BCUT2D eigenvalue weighted by Crippen LogP contribution is -1.95. The largest absolute Gasteiger partial charge is 0.380 e. The highest BCUT2D eigenvalue weighted by Gasteiger charge is 1.86. The fraction of sp³-hybridized carbons (Fsp3) is 0.750. The molecule has 0 bridgehead atoms. The lowest BCUT2D eigenvalue weighted by molar-refractivity contribution is 0.137. The van der Waals surface area contributed by atoms with Gasteiger partial charge < -0.3 is 4.74 Å². The Morgan fingerprint density at radius 2 is 2.10 bits per heavy atom. The van der Waals surface area contributed by atoms with E-state index < -0.39 is 0 Å². The number of ether oxygens (including phenoxy) is 1. The van der Waals surface area contributed by atoms with Crippen LogP contribution in [0.25, 0.3) is 0 Å². The highest BCUT2D eigenvalue weighted by atomic mass is 79.9. The summed E-state index contributed by atoms with van der Waals surface area (Å²) in [5, 5.41) is 1.06. The summed E-state index contributed by atoms with van der Waals surface area (Å²) in [6, 6.07) is 0. The maximum Gasteiger partial charge on any atom is 0.0575 e. The van der Waals surface area contributed by atoms with Gasteiger partial charge in [-0.05, 0) is 12.8 Å². The molecule has 0 aromatic heterocycles. The molecule has 0 aliphatic heterocycles. The van der Waals surface area contributed by atoms with E-state index in [9.17, 15) is 0 Å². The van der Waals surface area contributed by atoms with Crippen LogP contribution in [0.4, 0.5) is 0 Å². The van der Waals surface area contributed by atoms with Crippen LogP contribution in [0.1, 0.15) is 19.3 Å². The molecule has 0 saturated carbocycles. The second kappa shape index (κ2) is 9.00.